The van der Waals surface area contributed by atoms with E-state index in [0.717, 1.165) is 51.4 Å². The van der Waals surface area contributed by atoms with E-state index in [2.05, 4.69) is 62.5 Å². The van der Waals surface area contributed by atoms with Crippen LogP contribution < -0.4 is 4.89 Å². The third-order valence-corrected chi connectivity index (χ3v) is 11.4. The molecule has 0 radical (unpaired) electrons. The van der Waals surface area contributed by atoms with Crippen molar-refractivity contribution in [3.8, 4) is 0 Å². The molecule has 9 heteroatoms. The van der Waals surface area contributed by atoms with Crippen molar-refractivity contribution in [2.45, 2.75) is 213 Å². The summed E-state index contributed by atoms with van der Waals surface area (Å²) in [5.41, 5.74) is 0. The zero-order chi connectivity index (χ0) is 43.4. The number of likely N-dealkylation sites (N-methyl/N-ethyl adjacent to an activating group) is 1. The Kier molecular flexibility index (Phi) is 42.0. The number of phosphoric ester groups is 1. The molecule has 59 heavy (non-hydrogen) atoms. The minimum Gasteiger partial charge on any atom is -0.756 e. The molecule has 0 N–H and O–H groups in total. The van der Waals surface area contributed by atoms with E-state index < -0.39 is 13.9 Å². The molecule has 0 heterocycles. The maximum Gasteiger partial charge on any atom is 0.306 e. The molecule has 346 valence electrons. The highest BCUT2D eigenvalue weighted by molar-refractivity contribution is 7.45. The Hall–Kier alpha value is -1.54. The Morgan fingerprint density at radius 2 is 0.983 bits per heavy atom. The van der Waals surface area contributed by atoms with Crippen molar-refractivity contribution in [3.05, 3.63) is 48.6 Å². The molecular formula is C50H94NO7P. The van der Waals surface area contributed by atoms with E-state index in [1.54, 1.807) is 0 Å². The largest absolute Gasteiger partial charge is 0.756 e. The van der Waals surface area contributed by atoms with Crippen LogP contribution >= 0.6 is 7.82 Å². The number of quaternary nitrogens is 1. The van der Waals surface area contributed by atoms with Crippen molar-refractivity contribution in [3.63, 3.8) is 0 Å². The summed E-state index contributed by atoms with van der Waals surface area (Å²) in [7, 11) is 1.33. The first-order valence-corrected chi connectivity index (χ1v) is 25.8. The number of rotatable bonds is 45. The van der Waals surface area contributed by atoms with Gasteiger partial charge in [0, 0.05) is 13.0 Å². The molecule has 2 atom stereocenters. The molecule has 0 aliphatic carbocycles. The molecule has 0 amide bonds. The highest BCUT2D eigenvalue weighted by Gasteiger charge is 2.20. The summed E-state index contributed by atoms with van der Waals surface area (Å²) in [6.45, 7) is 5.27. The molecule has 0 saturated carbocycles. The minimum absolute atomic E-state index is 0.0179. The van der Waals surface area contributed by atoms with Gasteiger partial charge < -0.3 is 27.9 Å². The number of unbranched alkanes of at least 4 members (excludes halogenated alkanes) is 23. The summed E-state index contributed by atoms with van der Waals surface area (Å²) in [4.78, 5) is 25.1. The average molecular weight is 852 g/mol. The lowest BCUT2D eigenvalue weighted by Gasteiger charge is -2.28. The second-order valence-corrected chi connectivity index (χ2v) is 18.9. The van der Waals surface area contributed by atoms with Gasteiger partial charge in [-0.1, -0.05) is 197 Å². The van der Waals surface area contributed by atoms with Gasteiger partial charge in [0.15, 0.2) is 0 Å². The Balaban J connectivity index is 4.16. The lowest BCUT2D eigenvalue weighted by atomic mass is 10.0. The number of allylic oxidation sites excluding steroid dienone is 8. The summed E-state index contributed by atoms with van der Waals surface area (Å²) < 4.78 is 34.6. The molecule has 2 unspecified atom stereocenters. The van der Waals surface area contributed by atoms with Gasteiger partial charge in [-0.3, -0.25) is 9.36 Å². The van der Waals surface area contributed by atoms with Gasteiger partial charge in [0.2, 0.25) is 0 Å². The maximum atomic E-state index is 12.7. The molecule has 0 aromatic heterocycles. The molecule has 0 spiro atoms. The lowest BCUT2D eigenvalue weighted by molar-refractivity contribution is -0.870. The summed E-state index contributed by atoms with van der Waals surface area (Å²) in [5.74, 6) is -0.372. The van der Waals surface area contributed by atoms with Crippen LogP contribution in [-0.2, 0) is 27.9 Å². The first-order valence-electron chi connectivity index (χ1n) is 24.4. The molecule has 0 aromatic rings. The summed E-state index contributed by atoms with van der Waals surface area (Å²) in [6.07, 6.45) is 52.9. The van der Waals surface area contributed by atoms with Gasteiger partial charge in [0.1, 0.15) is 19.3 Å². The Bertz CT molecular complexity index is 1080. The highest BCUT2D eigenvalue weighted by Crippen LogP contribution is 2.38. The van der Waals surface area contributed by atoms with E-state index in [1.807, 2.05) is 21.1 Å². The monoisotopic (exact) mass is 852 g/mol. The van der Waals surface area contributed by atoms with E-state index in [0.29, 0.717) is 24.1 Å². The highest BCUT2D eigenvalue weighted by atomic mass is 31.2. The Morgan fingerprint density at radius 1 is 0.542 bits per heavy atom. The number of esters is 1. The molecule has 0 fully saturated rings. The van der Waals surface area contributed by atoms with Crippen molar-refractivity contribution in [1.82, 2.24) is 0 Å². The van der Waals surface area contributed by atoms with Crippen LogP contribution in [-0.4, -0.2) is 70.7 Å². The second-order valence-electron chi connectivity index (χ2n) is 17.4. The minimum atomic E-state index is -4.54. The smallest absolute Gasteiger partial charge is 0.306 e. The van der Waals surface area contributed by atoms with Crippen molar-refractivity contribution in [2.24, 2.45) is 0 Å². The van der Waals surface area contributed by atoms with Gasteiger partial charge in [-0.05, 0) is 51.4 Å². The first kappa shape index (κ1) is 57.5. The van der Waals surface area contributed by atoms with E-state index in [1.165, 1.54) is 128 Å². The molecule has 0 bridgehead atoms. The van der Waals surface area contributed by atoms with Crippen LogP contribution in [0.2, 0.25) is 0 Å². The van der Waals surface area contributed by atoms with Gasteiger partial charge >= 0.3 is 5.97 Å². The first-order chi connectivity index (χ1) is 28.6. The van der Waals surface area contributed by atoms with Gasteiger partial charge in [0.25, 0.3) is 7.82 Å². The predicted octanol–water partition coefficient (Wildman–Crippen LogP) is 14.1. The van der Waals surface area contributed by atoms with Gasteiger partial charge in [-0.25, -0.2) is 0 Å². The Labute approximate surface area is 365 Å². The standard InChI is InChI=1S/C50H94NO7P/c1-6-8-10-12-14-16-18-20-22-23-24-25-26-27-28-30-32-34-36-38-40-42-45-55-47-49(48-57-59(53,54)56-46-44-51(3,4)5)58-50(52)43-41-39-37-35-33-31-29-21-19-17-15-13-11-9-7-2/h9,11,15,17,21,29,33,35,49H,6-8,10,12-14,16,18-20,22-28,30-32,34,36-48H2,1-5H3/b11-9-,17-15-,29-21-,35-33-. The zero-order valence-electron chi connectivity index (χ0n) is 39.2. The lowest BCUT2D eigenvalue weighted by Crippen LogP contribution is -2.37. The fourth-order valence-corrected chi connectivity index (χ4v) is 7.38. The van der Waals surface area contributed by atoms with Crippen LogP contribution in [0.15, 0.2) is 48.6 Å². The molecule has 0 aliphatic rings. The number of carbonyl (C=O) groups excluding carboxylic acids is 1. The van der Waals surface area contributed by atoms with Crippen molar-refractivity contribution in [2.75, 3.05) is 54.1 Å². The van der Waals surface area contributed by atoms with Crippen LogP contribution in [0.1, 0.15) is 206 Å². The van der Waals surface area contributed by atoms with Gasteiger partial charge in [-0.15, -0.1) is 0 Å². The molecule has 0 aliphatic heterocycles. The third-order valence-electron chi connectivity index (χ3n) is 10.4. The van der Waals surface area contributed by atoms with Crippen LogP contribution in [0, 0.1) is 0 Å². The third kappa shape index (κ3) is 47.4. The van der Waals surface area contributed by atoms with Crippen LogP contribution in [0.4, 0.5) is 0 Å². The van der Waals surface area contributed by atoms with Crippen molar-refractivity contribution < 1.29 is 37.3 Å². The molecule has 0 aromatic carbocycles. The van der Waals surface area contributed by atoms with Crippen molar-refractivity contribution in [1.29, 1.82) is 0 Å². The second kappa shape index (κ2) is 43.1. The van der Waals surface area contributed by atoms with E-state index in [-0.39, 0.29) is 32.2 Å². The molecule has 0 saturated heterocycles. The SMILES string of the molecule is CC/C=C\C/C=C\C/C=C\C/C=C\CCCCC(=O)OC(COCCCCCCCCCCCCCCCCCCCCCCCC)COP(=O)([O-])OCC[N+](C)(C)C. The molecule has 0 rings (SSSR count). The Morgan fingerprint density at radius 3 is 1.44 bits per heavy atom. The quantitative estimate of drug-likeness (QED) is 0.0198. The van der Waals surface area contributed by atoms with Crippen molar-refractivity contribution >= 4 is 13.8 Å². The maximum absolute atomic E-state index is 12.7. The van der Waals surface area contributed by atoms with Gasteiger partial charge in [0.05, 0.1) is 34.4 Å². The summed E-state index contributed by atoms with van der Waals surface area (Å²) in [6, 6.07) is 0. The fourth-order valence-electron chi connectivity index (χ4n) is 6.66. The number of hydrogen-bond acceptors (Lipinski definition) is 7. The number of nitrogens with zero attached hydrogens (tertiary/aromatic N) is 1. The van der Waals surface area contributed by atoms with Crippen LogP contribution in [0.3, 0.4) is 0 Å². The summed E-state index contributed by atoms with van der Waals surface area (Å²) in [5, 5.41) is 0. The molecule has 8 nitrogen and oxygen atoms in total. The van der Waals surface area contributed by atoms with E-state index in [9.17, 15) is 14.3 Å². The van der Waals surface area contributed by atoms with E-state index in [4.69, 9.17) is 18.5 Å². The number of phosphoric acid groups is 1. The van der Waals surface area contributed by atoms with Gasteiger partial charge in [-0.2, -0.15) is 0 Å². The summed E-state index contributed by atoms with van der Waals surface area (Å²) >= 11 is 0. The predicted molar refractivity (Wildman–Crippen MR) is 250 cm³/mol. The fraction of sp³-hybridized carbons (Fsp3) is 0.820. The normalized spacial score (nSPS) is 14.1. The average Bonchev–Trinajstić information content (AvgIpc) is 3.19. The number of hydrogen-bond donors (Lipinski definition) is 0. The molecular weight excluding hydrogens is 758 g/mol. The number of ether oxygens (including phenoxy) is 2. The number of carbonyl (C=O) groups is 1. The zero-order valence-corrected chi connectivity index (χ0v) is 40.1. The van der Waals surface area contributed by atoms with E-state index >= 15 is 0 Å². The van der Waals surface area contributed by atoms with Crippen LogP contribution in [0.25, 0.3) is 0 Å². The van der Waals surface area contributed by atoms with Crippen LogP contribution in [0.5, 0.6) is 0 Å². The topological polar surface area (TPSA) is 94.1 Å².